The van der Waals surface area contributed by atoms with E-state index < -0.39 is 11.7 Å². The highest BCUT2D eigenvalue weighted by Crippen LogP contribution is 2.29. The number of aryl methyl sites for hydroxylation is 1. The van der Waals surface area contributed by atoms with Crippen molar-refractivity contribution in [3.63, 3.8) is 0 Å². The van der Waals surface area contributed by atoms with Crippen molar-refractivity contribution in [2.45, 2.75) is 32.4 Å². The Morgan fingerprint density at radius 2 is 1.72 bits per heavy atom. The molecule has 0 atom stereocenters. The lowest BCUT2D eigenvalue weighted by Crippen LogP contribution is -2.26. The normalized spacial score (nSPS) is 11.4. The van der Waals surface area contributed by atoms with Gasteiger partial charge in [-0.15, -0.1) is 11.3 Å². The fourth-order valence-electron chi connectivity index (χ4n) is 2.23. The Bertz CT molecular complexity index is 736. The van der Waals surface area contributed by atoms with Gasteiger partial charge in [0.25, 0.3) is 0 Å². The molecule has 1 aromatic carbocycles. The molecule has 2 aromatic rings. The van der Waals surface area contributed by atoms with Crippen LogP contribution in [0.5, 0.6) is 0 Å². The van der Waals surface area contributed by atoms with Crippen LogP contribution in [0.4, 0.5) is 13.2 Å². The van der Waals surface area contributed by atoms with E-state index in [1.54, 1.807) is 6.07 Å². The first-order valence-corrected chi connectivity index (χ1v) is 8.60. The molecular formula is C18H18F3NO2S. The number of carbonyl (C=O) groups is 2. The van der Waals surface area contributed by atoms with Crippen LogP contribution in [-0.2, 0) is 17.4 Å². The van der Waals surface area contributed by atoms with E-state index in [2.05, 4.69) is 5.32 Å². The van der Waals surface area contributed by atoms with Gasteiger partial charge in [0.05, 0.1) is 10.4 Å². The van der Waals surface area contributed by atoms with Crippen LogP contribution in [0.1, 0.15) is 38.5 Å². The molecule has 0 aliphatic rings. The molecule has 25 heavy (non-hydrogen) atoms. The molecule has 0 aliphatic carbocycles. The number of alkyl halides is 3. The highest BCUT2D eigenvalue weighted by atomic mass is 32.1. The number of amides is 1. The number of halogens is 3. The summed E-state index contributed by atoms with van der Waals surface area (Å²) in [7, 11) is 0. The summed E-state index contributed by atoms with van der Waals surface area (Å²) < 4.78 is 37.4. The minimum atomic E-state index is -4.35. The topological polar surface area (TPSA) is 46.2 Å². The van der Waals surface area contributed by atoms with Crippen LogP contribution >= 0.6 is 11.3 Å². The van der Waals surface area contributed by atoms with E-state index >= 15 is 0 Å². The van der Waals surface area contributed by atoms with Gasteiger partial charge in [0.15, 0.2) is 5.78 Å². The minimum Gasteiger partial charge on any atom is -0.356 e. The van der Waals surface area contributed by atoms with Crippen molar-refractivity contribution >= 4 is 23.0 Å². The highest BCUT2D eigenvalue weighted by molar-refractivity contribution is 7.14. The summed E-state index contributed by atoms with van der Waals surface area (Å²) in [6.45, 7) is 2.23. The second-order valence-electron chi connectivity index (χ2n) is 5.63. The maximum Gasteiger partial charge on any atom is 0.416 e. The first-order chi connectivity index (χ1) is 11.8. The van der Waals surface area contributed by atoms with E-state index in [0.29, 0.717) is 23.4 Å². The first kappa shape index (κ1) is 19.2. The standard InChI is InChI=1S/C18H18F3NO2S/c1-12-2-8-16(25-12)15(23)7-9-17(24)22-11-10-13-3-5-14(6-4-13)18(19,20)21/h2-6,8H,7,9-11H2,1H3,(H,22,24). The van der Waals surface area contributed by atoms with Gasteiger partial charge in [0.1, 0.15) is 0 Å². The molecule has 1 amide bonds. The molecule has 0 spiro atoms. The van der Waals surface area contributed by atoms with Crippen LogP contribution in [0.25, 0.3) is 0 Å². The van der Waals surface area contributed by atoms with Gasteiger partial charge in [-0.2, -0.15) is 13.2 Å². The number of Topliss-reactive ketones (excluding diaryl/α,β-unsaturated/α-hetero) is 1. The molecule has 0 fully saturated rings. The number of benzene rings is 1. The maximum atomic E-state index is 12.5. The van der Waals surface area contributed by atoms with Crippen LogP contribution in [0.2, 0.25) is 0 Å². The average Bonchev–Trinajstić information content (AvgIpc) is 2.99. The lowest BCUT2D eigenvalue weighted by molar-refractivity contribution is -0.137. The van der Waals surface area contributed by atoms with Gasteiger partial charge >= 0.3 is 6.18 Å². The van der Waals surface area contributed by atoms with Crippen molar-refractivity contribution in [2.24, 2.45) is 0 Å². The fourth-order valence-corrected chi connectivity index (χ4v) is 3.06. The average molecular weight is 369 g/mol. The Morgan fingerprint density at radius 3 is 2.28 bits per heavy atom. The lowest BCUT2D eigenvalue weighted by atomic mass is 10.1. The number of thiophene rings is 1. The molecule has 1 N–H and O–H groups in total. The molecule has 1 heterocycles. The Hall–Kier alpha value is -2.15. The third-order valence-corrected chi connectivity index (χ3v) is 4.65. The molecule has 0 unspecified atom stereocenters. The number of carbonyl (C=O) groups excluding carboxylic acids is 2. The molecule has 1 aromatic heterocycles. The van der Waals surface area contributed by atoms with E-state index in [0.717, 1.165) is 17.0 Å². The van der Waals surface area contributed by atoms with E-state index in [1.165, 1.54) is 23.5 Å². The molecule has 0 saturated heterocycles. The van der Waals surface area contributed by atoms with Crippen LogP contribution < -0.4 is 5.32 Å². The Morgan fingerprint density at radius 1 is 1.04 bits per heavy atom. The van der Waals surface area contributed by atoms with Gasteiger partial charge in [0, 0.05) is 24.3 Å². The monoisotopic (exact) mass is 369 g/mol. The van der Waals surface area contributed by atoms with E-state index in [9.17, 15) is 22.8 Å². The molecule has 134 valence electrons. The molecule has 7 heteroatoms. The van der Waals surface area contributed by atoms with Crippen molar-refractivity contribution in [3.05, 3.63) is 57.3 Å². The number of rotatable bonds is 7. The quantitative estimate of drug-likeness (QED) is 0.736. The second kappa shape index (κ2) is 8.29. The van der Waals surface area contributed by atoms with Crippen molar-refractivity contribution in [1.82, 2.24) is 5.32 Å². The molecule has 0 saturated carbocycles. The summed E-state index contributed by atoms with van der Waals surface area (Å²) in [5, 5.41) is 2.68. The zero-order valence-corrected chi connectivity index (χ0v) is 14.5. The van der Waals surface area contributed by atoms with Crippen molar-refractivity contribution in [2.75, 3.05) is 6.54 Å². The van der Waals surface area contributed by atoms with Gasteiger partial charge in [-0.25, -0.2) is 0 Å². The maximum absolute atomic E-state index is 12.5. The third-order valence-electron chi connectivity index (χ3n) is 3.61. The second-order valence-corrected chi connectivity index (χ2v) is 6.92. The molecule has 3 nitrogen and oxygen atoms in total. The molecule has 0 radical (unpaired) electrons. The Labute approximate surface area is 147 Å². The van der Waals surface area contributed by atoms with Crippen LogP contribution in [0, 0.1) is 6.92 Å². The van der Waals surface area contributed by atoms with Gasteiger partial charge in [0.2, 0.25) is 5.91 Å². The molecular weight excluding hydrogens is 351 g/mol. The molecule has 2 rings (SSSR count). The van der Waals surface area contributed by atoms with Crippen LogP contribution in [-0.4, -0.2) is 18.2 Å². The van der Waals surface area contributed by atoms with Crippen LogP contribution in [0.15, 0.2) is 36.4 Å². The summed E-state index contributed by atoms with van der Waals surface area (Å²) in [4.78, 5) is 25.4. The molecule has 0 bridgehead atoms. The van der Waals surface area contributed by atoms with E-state index in [-0.39, 0.29) is 24.5 Å². The number of nitrogens with one attached hydrogen (secondary N) is 1. The summed E-state index contributed by atoms with van der Waals surface area (Å²) in [5.41, 5.74) is 0.0149. The predicted octanol–water partition coefficient (Wildman–Crippen LogP) is 4.40. The van der Waals surface area contributed by atoms with Gasteiger partial charge in [-0.3, -0.25) is 9.59 Å². The fraction of sp³-hybridized carbons (Fsp3) is 0.333. The van der Waals surface area contributed by atoms with Crippen LogP contribution in [0.3, 0.4) is 0 Å². The van der Waals surface area contributed by atoms with Gasteiger partial charge in [-0.1, -0.05) is 12.1 Å². The van der Waals surface area contributed by atoms with Gasteiger partial charge < -0.3 is 5.32 Å². The zero-order chi connectivity index (χ0) is 18.4. The SMILES string of the molecule is Cc1ccc(C(=O)CCC(=O)NCCc2ccc(C(F)(F)F)cc2)s1. The van der Waals surface area contributed by atoms with E-state index in [1.807, 2.05) is 13.0 Å². The van der Waals surface area contributed by atoms with E-state index in [4.69, 9.17) is 0 Å². The summed E-state index contributed by atoms with van der Waals surface area (Å²) in [6.07, 6.45) is -3.67. The largest absolute Gasteiger partial charge is 0.416 e. The molecule has 0 aliphatic heterocycles. The smallest absolute Gasteiger partial charge is 0.356 e. The Balaban J connectivity index is 1.71. The first-order valence-electron chi connectivity index (χ1n) is 7.78. The number of hydrogen-bond acceptors (Lipinski definition) is 3. The summed E-state index contributed by atoms with van der Waals surface area (Å²) in [6, 6.07) is 8.47. The van der Waals surface area contributed by atoms with Crippen molar-refractivity contribution in [1.29, 1.82) is 0 Å². The summed E-state index contributed by atoms with van der Waals surface area (Å²) >= 11 is 1.40. The zero-order valence-electron chi connectivity index (χ0n) is 13.7. The van der Waals surface area contributed by atoms with Crippen molar-refractivity contribution in [3.8, 4) is 0 Å². The predicted molar refractivity (Wildman–Crippen MR) is 90.8 cm³/mol. The third kappa shape index (κ3) is 6.01. The lowest BCUT2D eigenvalue weighted by Gasteiger charge is -2.08. The van der Waals surface area contributed by atoms with Gasteiger partial charge in [-0.05, 0) is 43.2 Å². The number of hydrogen-bond donors (Lipinski definition) is 1. The minimum absolute atomic E-state index is 0.0593. The number of ketones is 1. The highest BCUT2D eigenvalue weighted by Gasteiger charge is 2.29. The summed E-state index contributed by atoms with van der Waals surface area (Å²) in [5.74, 6) is -0.301. The van der Waals surface area contributed by atoms with Crippen molar-refractivity contribution < 1.29 is 22.8 Å². The Kier molecular flexibility index (Phi) is 6.36.